The molecule has 24 heavy (non-hydrogen) atoms. The standard InChI is InChI=1S/C19H26N4O/c1-20-14-15-6-8-17(9-7-15)22(4)19(24)23(5)18-12-10-16(11-13-18)21(2)3/h6-13,20H,14H2,1-5H3. The summed E-state index contributed by atoms with van der Waals surface area (Å²) >= 11 is 0. The lowest BCUT2D eigenvalue weighted by atomic mass is 10.2. The van der Waals surface area contributed by atoms with E-state index in [0.29, 0.717) is 0 Å². The molecule has 0 atom stereocenters. The van der Waals surface area contributed by atoms with Gasteiger partial charge in [-0.15, -0.1) is 0 Å². The highest BCUT2D eigenvalue weighted by Gasteiger charge is 2.17. The molecule has 2 amide bonds. The minimum Gasteiger partial charge on any atom is -0.378 e. The molecule has 0 heterocycles. The van der Waals surface area contributed by atoms with Gasteiger partial charge in [-0.1, -0.05) is 12.1 Å². The minimum absolute atomic E-state index is 0.0750. The van der Waals surface area contributed by atoms with Crippen LogP contribution in [0.1, 0.15) is 5.56 Å². The van der Waals surface area contributed by atoms with Crippen LogP contribution in [0.25, 0.3) is 0 Å². The van der Waals surface area contributed by atoms with Crippen LogP contribution in [0.3, 0.4) is 0 Å². The van der Waals surface area contributed by atoms with E-state index in [4.69, 9.17) is 0 Å². The average molecular weight is 326 g/mol. The predicted octanol–water partition coefficient (Wildman–Crippen LogP) is 3.16. The Labute approximate surface area is 144 Å². The van der Waals surface area contributed by atoms with Gasteiger partial charge < -0.3 is 10.2 Å². The van der Waals surface area contributed by atoms with Crippen molar-refractivity contribution < 1.29 is 4.79 Å². The van der Waals surface area contributed by atoms with Crippen molar-refractivity contribution in [1.82, 2.24) is 5.32 Å². The number of rotatable bonds is 5. The Morgan fingerprint density at radius 3 is 1.62 bits per heavy atom. The first-order valence-corrected chi connectivity index (χ1v) is 7.96. The molecular weight excluding hydrogens is 300 g/mol. The second-order valence-electron chi connectivity index (χ2n) is 6.01. The highest BCUT2D eigenvalue weighted by molar-refractivity contribution is 6.02. The Morgan fingerprint density at radius 2 is 1.21 bits per heavy atom. The molecule has 0 fully saturated rings. The summed E-state index contributed by atoms with van der Waals surface area (Å²) in [6, 6.07) is 15.8. The third kappa shape index (κ3) is 4.06. The fraction of sp³-hybridized carbons (Fsp3) is 0.316. The largest absolute Gasteiger partial charge is 0.378 e. The molecule has 5 heteroatoms. The van der Waals surface area contributed by atoms with Crippen molar-refractivity contribution in [3.8, 4) is 0 Å². The first-order valence-electron chi connectivity index (χ1n) is 7.96. The van der Waals surface area contributed by atoms with E-state index < -0.39 is 0 Å². The summed E-state index contributed by atoms with van der Waals surface area (Å²) < 4.78 is 0. The van der Waals surface area contributed by atoms with Crippen molar-refractivity contribution in [1.29, 1.82) is 0 Å². The molecular formula is C19H26N4O. The molecule has 0 aliphatic rings. The van der Waals surface area contributed by atoms with Crippen molar-refractivity contribution in [2.45, 2.75) is 6.54 Å². The first kappa shape index (κ1) is 17.8. The number of nitrogens with one attached hydrogen (secondary N) is 1. The maximum Gasteiger partial charge on any atom is 0.328 e. The van der Waals surface area contributed by atoms with Gasteiger partial charge in [0.05, 0.1) is 0 Å². The summed E-state index contributed by atoms with van der Waals surface area (Å²) in [5.74, 6) is 0. The van der Waals surface area contributed by atoms with Crippen LogP contribution >= 0.6 is 0 Å². The lowest BCUT2D eigenvalue weighted by Crippen LogP contribution is -2.38. The Hall–Kier alpha value is -2.53. The maximum atomic E-state index is 12.7. The topological polar surface area (TPSA) is 38.8 Å². The Morgan fingerprint density at radius 1 is 0.792 bits per heavy atom. The number of amides is 2. The van der Waals surface area contributed by atoms with Gasteiger partial charge in [-0.05, 0) is 49.0 Å². The average Bonchev–Trinajstić information content (AvgIpc) is 2.61. The van der Waals surface area contributed by atoms with Crippen molar-refractivity contribution in [2.24, 2.45) is 0 Å². The summed E-state index contributed by atoms with van der Waals surface area (Å²) in [7, 11) is 9.49. The highest BCUT2D eigenvalue weighted by atomic mass is 16.2. The van der Waals surface area contributed by atoms with Crippen LogP contribution in [0, 0.1) is 0 Å². The normalized spacial score (nSPS) is 10.4. The third-order valence-electron chi connectivity index (χ3n) is 4.03. The SMILES string of the molecule is CNCc1ccc(N(C)C(=O)N(C)c2ccc(N(C)C)cc2)cc1. The van der Waals surface area contributed by atoms with Crippen LogP contribution in [-0.2, 0) is 6.54 Å². The molecule has 5 nitrogen and oxygen atoms in total. The number of hydrogen-bond donors (Lipinski definition) is 1. The number of carbonyl (C=O) groups is 1. The Kier molecular flexibility index (Phi) is 5.82. The monoisotopic (exact) mass is 326 g/mol. The second-order valence-corrected chi connectivity index (χ2v) is 6.01. The molecule has 0 aliphatic heterocycles. The molecule has 0 bridgehead atoms. The van der Waals surface area contributed by atoms with Crippen molar-refractivity contribution in [3.63, 3.8) is 0 Å². The summed E-state index contributed by atoms with van der Waals surface area (Å²) in [5.41, 5.74) is 4.03. The van der Waals surface area contributed by atoms with E-state index in [1.54, 1.807) is 23.9 Å². The lowest BCUT2D eigenvalue weighted by molar-refractivity contribution is 0.253. The van der Waals surface area contributed by atoms with Gasteiger partial charge in [0, 0.05) is 51.8 Å². The molecule has 0 saturated heterocycles. The Bertz CT molecular complexity index is 665. The van der Waals surface area contributed by atoms with Gasteiger partial charge in [-0.25, -0.2) is 4.79 Å². The van der Waals surface area contributed by atoms with E-state index >= 15 is 0 Å². The van der Waals surface area contributed by atoms with Crippen LogP contribution in [-0.4, -0.2) is 41.3 Å². The zero-order valence-electron chi connectivity index (χ0n) is 15.1. The first-order chi connectivity index (χ1) is 11.4. The van der Waals surface area contributed by atoms with Gasteiger partial charge >= 0.3 is 6.03 Å². The van der Waals surface area contributed by atoms with Crippen LogP contribution in [0.15, 0.2) is 48.5 Å². The van der Waals surface area contributed by atoms with Crippen LogP contribution in [0.4, 0.5) is 21.9 Å². The van der Waals surface area contributed by atoms with Gasteiger partial charge in [0.25, 0.3) is 0 Å². The molecule has 0 radical (unpaired) electrons. The van der Waals surface area contributed by atoms with Gasteiger partial charge in [0.1, 0.15) is 0 Å². The fourth-order valence-corrected chi connectivity index (χ4v) is 2.46. The molecule has 1 N–H and O–H groups in total. The van der Waals surface area contributed by atoms with Crippen LogP contribution in [0.5, 0.6) is 0 Å². The van der Waals surface area contributed by atoms with Crippen molar-refractivity contribution >= 4 is 23.1 Å². The summed E-state index contributed by atoms with van der Waals surface area (Å²) in [6.45, 7) is 0.816. The number of anilines is 3. The second kappa shape index (κ2) is 7.84. The zero-order chi connectivity index (χ0) is 17.7. The van der Waals surface area contributed by atoms with Gasteiger partial charge in [-0.2, -0.15) is 0 Å². The quantitative estimate of drug-likeness (QED) is 0.917. The van der Waals surface area contributed by atoms with E-state index in [0.717, 1.165) is 23.6 Å². The van der Waals surface area contributed by atoms with Gasteiger partial charge in [-0.3, -0.25) is 9.80 Å². The Balaban J connectivity index is 2.11. The van der Waals surface area contributed by atoms with Gasteiger partial charge in [0.15, 0.2) is 0 Å². The zero-order valence-corrected chi connectivity index (χ0v) is 15.1. The number of hydrogen-bond acceptors (Lipinski definition) is 3. The summed E-state index contributed by atoms with van der Waals surface area (Å²) in [4.78, 5) is 18.0. The van der Waals surface area contributed by atoms with E-state index in [-0.39, 0.29) is 6.03 Å². The van der Waals surface area contributed by atoms with Crippen LogP contribution in [0.2, 0.25) is 0 Å². The third-order valence-corrected chi connectivity index (χ3v) is 4.03. The summed E-state index contributed by atoms with van der Waals surface area (Å²) in [5, 5.41) is 3.12. The number of carbonyl (C=O) groups excluding carboxylic acids is 1. The number of urea groups is 1. The fourth-order valence-electron chi connectivity index (χ4n) is 2.46. The lowest BCUT2D eigenvalue weighted by Gasteiger charge is -2.25. The van der Waals surface area contributed by atoms with Crippen molar-refractivity contribution in [3.05, 3.63) is 54.1 Å². The van der Waals surface area contributed by atoms with E-state index in [1.807, 2.05) is 74.6 Å². The van der Waals surface area contributed by atoms with Crippen LogP contribution < -0.4 is 20.0 Å². The van der Waals surface area contributed by atoms with E-state index in [1.165, 1.54) is 5.56 Å². The summed E-state index contributed by atoms with van der Waals surface area (Å²) in [6.07, 6.45) is 0. The van der Waals surface area contributed by atoms with Gasteiger partial charge in [0.2, 0.25) is 0 Å². The molecule has 2 aromatic rings. The number of benzene rings is 2. The number of nitrogens with zero attached hydrogens (tertiary/aromatic N) is 3. The molecule has 0 unspecified atom stereocenters. The smallest absolute Gasteiger partial charge is 0.328 e. The molecule has 2 aromatic carbocycles. The van der Waals surface area contributed by atoms with E-state index in [2.05, 4.69) is 5.32 Å². The molecule has 0 aromatic heterocycles. The molecule has 0 aliphatic carbocycles. The predicted molar refractivity (Wildman–Crippen MR) is 102 cm³/mol. The van der Waals surface area contributed by atoms with Crippen molar-refractivity contribution in [2.75, 3.05) is 49.9 Å². The minimum atomic E-state index is -0.0750. The molecule has 128 valence electrons. The highest BCUT2D eigenvalue weighted by Crippen LogP contribution is 2.21. The molecule has 2 rings (SSSR count). The van der Waals surface area contributed by atoms with E-state index in [9.17, 15) is 4.79 Å². The molecule has 0 spiro atoms. The molecule has 0 saturated carbocycles. The maximum absolute atomic E-state index is 12.7.